The van der Waals surface area contributed by atoms with Crippen molar-refractivity contribution >= 4 is 44.8 Å². The van der Waals surface area contributed by atoms with Gasteiger partial charge in [-0.15, -0.1) is 0 Å². The molecule has 1 aliphatic rings. The van der Waals surface area contributed by atoms with Crippen molar-refractivity contribution in [3.8, 4) is 0 Å². The Balaban J connectivity index is 2.43. The number of hydrogen-bond acceptors (Lipinski definition) is 4. The minimum Gasteiger partial charge on any atom is -0.465 e. The van der Waals surface area contributed by atoms with Crippen LogP contribution in [0.25, 0.3) is 0 Å². The maximum Gasteiger partial charge on any atom is 0.408 e. The van der Waals surface area contributed by atoms with Gasteiger partial charge < -0.3 is 10.8 Å². The molecule has 1 aromatic rings. The number of pyridine rings is 1. The molecule has 10 heteroatoms. The summed E-state index contributed by atoms with van der Waals surface area (Å²) in [4.78, 5) is 16.2. The molecule has 0 saturated carbocycles. The van der Waals surface area contributed by atoms with Crippen molar-refractivity contribution in [1.29, 1.82) is 0 Å². The van der Waals surface area contributed by atoms with E-state index in [0.717, 1.165) is 9.21 Å². The van der Waals surface area contributed by atoms with Gasteiger partial charge in [0, 0.05) is 17.2 Å². The van der Waals surface area contributed by atoms with E-state index in [1.807, 2.05) is 0 Å². The normalized spacial score (nSPS) is 19.9. The molecule has 8 nitrogen and oxygen atoms in total. The first-order chi connectivity index (χ1) is 9.41. The largest absolute Gasteiger partial charge is 0.465 e. The average molecular weight is 365 g/mol. The first kappa shape index (κ1) is 15.0. The average Bonchev–Trinajstić information content (AvgIpc) is 2.82. The molecular formula is C10H13BrN4O4S. The summed E-state index contributed by atoms with van der Waals surface area (Å²) in [6.07, 6.45) is 0.651. The molecule has 1 aliphatic heterocycles. The summed E-state index contributed by atoms with van der Waals surface area (Å²) >= 11 is 0.799. The lowest BCUT2D eigenvalue weighted by Crippen LogP contribution is -2.48. The predicted octanol–water partition coefficient (Wildman–Crippen LogP) is 1.47. The van der Waals surface area contributed by atoms with Crippen molar-refractivity contribution in [2.45, 2.75) is 19.0 Å². The molecule has 4 N–H and O–H groups in total. The third-order valence-corrected chi connectivity index (χ3v) is 4.22. The molecule has 2 unspecified atom stereocenters. The number of nitrogens with two attached hydrogens (primary N) is 1. The molecule has 0 spiro atoms. The van der Waals surface area contributed by atoms with Crippen LogP contribution >= 0.6 is 15.9 Å². The summed E-state index contributed by atoms with van der Waals surface area (Å²) in [5.41, 5.74) is 5.95. The Morgan fingerprint density at radius 3 is 2.95 bits per heavy atom. The van der Waals surface area contributed by atoms with E-state index >= 15 is 0 Å². The van der Waals surface area contributed by atoms with Crippen molar-refractivity contribution in [3.63, 3.8) is 0 Å². The number of hydrogen-bond donors (Lipinski definition) is 3. The molecule has 110 valence electrons. The molecule has 0 bridgehead atoms. The Bertz CT molecular complexity index is 558. The van der Waals surface area contributed by atoms with Crippen LogP contribution in [0, 0.1) is 0 Å². The van der Waals surface area contributed by atoms with Gasteiger partial charge in [-0.25, -0.2) is 18.3 Å². The van der Waals surface area contributed by atoms with Gasteiger partial charge in [-0.05, 0) is 34.8 Å². The van der Waals surface area contributed by atoms with Crippen molar-refractivity contribution in [1.82, 2.24) is 9.88 Å². The Hall–Kier alpha value is -1.39. The summed E-state index contributed by atoms with van der Waals surface area (Å²) in [6.45, 7) is 0.315. The lowest BCUT2D eigenvalue weighted by atomic mass is 10.3. The fourth-order valence-electron chi connectivity index (χ4n) is 2.18. The van der Waals surface area contributed by atoms with Crippen LogP contribution in [0.15, 0.2) is 16.7 Å². The fourth-order valence-corrected chi connectivity index (χ4v) is 3.24. The van der Waals surface area contributed by atoms with Gasteiger partial charge in [0.05, 0.1) is 5.69 Å². The molecule has 0 aromatic carbocycles. The van der Waals surface area contributed by atoms with Crippen molar-refractivity contribution in [3.05, 3.63) is 16.7 Å². The number of likely N-dealkylation sites (tertiary alicyclic amines) is 1. The second-order valence-corrected chi connectivity index (χ2v) is 5.98. The van der Waals surface area contributed by atoms with Crippen LogP contribution in [-0.4, -0.2) is 42.6 Å². The van der Waals surface area contributed by atoms with Gasteiger partial charge >= 0.3 is 6.09 Å². The van der Waals surface area contributed by atoms with E-state index in [2.05, 4.69) is 20.9 Å². The number of nitrogens with zero attached hydrogens (tertiary/aromatic N) is 3. The number of halogens is 1. The molecule has 0 radical (unpaired) electrons. The van der Waals surface area contributed by atoms with Crippen LogP contribution < -0.4 is 10.0 Å². The highest BCUT2D eigenvalue weighted by Gasteiger charge is 2.37. The molecule has 2 atom stereocenters. The second kappa shape index (κ2) is 5.94. The van der Waals surface area contributed by atoms with E-state index in [9.17, 15) is 13.6 Å². The first-order valence-corrected chi connectivity index (χ1v) is 7.58. The Morgan fingerprint density at radius 1 is 1.65 bits per heavy atom. The van der Waals surface area contributed by atoms with Gasteiger partial charge in [0.2, 0.25) is 0 Å². The van der Waals surface area contributed by atoms with Gasteiger partial charge in [0.15, 0.2) is 0 Å². The fraction of sp³-hybridized carbons (Fsp3) is 0.400. The van der Waals surface area contributed by atoms with E-state index in [4.69, 9.17) is 10.8 Å². The topological polar surface area (TPSA) is 120 Å². The Labute approximate surface area is 126 Å². The Kier molecular flexibility index (Phi) is 4.45. The smallest absolute Gasteiger partial charge is 0.408 e. The number of carbonyl (C=O) groups is 1. The van der Waals surface area contributed by atoms with Gasteiger partial charge in [0.25, 0.3) is 11.3 Å². The van der Waals surface area contributed by atoms with Gasteiger partial charge in [-0.2, -0.15) is 0 Å². The highest BCUT2D eigenvalue weighted by Crippen LogP contribution is 2.32. The standard InChI is InChI=1S/C10H13BrN4O4S/c11-6-4-7(9(12)13-5-6)15(20(18)19)8-2-1-3-14(8)10(16)17/h4-5,8H,1-3H2,(H2,12,13)(H,16,17)(H,18,19). The van der Waals surface area contributed by atoms with E-state index in [0.29, 0.717) is 23.9 Å². The van der Waals surface area contributed by atoms with E-state index < -0.39 is 23.5 Å². The zero-order chi connectivity index (χ0) is 14.9. The van der Waals surface area contributed by atoms with E-state index in [1.54, 1.807) is 0 Å². The maximum atomic E-state index is 11.6. The van der Waals surface area contributed by atoms with Crippen LogP contribution in [0.3, 0.4) is 0 Å². The van der Waals surface area contributed by atoms with Crippen LogP contribution in [0.4, 0.5) is 16.3 Å². The minimum absolute atomic E-state index is 0.0628. The quantitative estimate of drug-likeness (QED) is 0.698. The number of amides is 1. The van der Waals surface area contributed by atoms with Crippen LogP contribution in [0.1, 0.15) is 12.8 Å². The molecule has 1 saturated heterocycles. The maximum absolute atomic E-state index is 11.6. The highest BCUT2D eigenvalue weighted by molar-refractivity contribution is 9.10. The molecule has 2 heterocycles. The predicted molar refractivity (Wildman–Crippen MR) is 77.4 cm³/mol. The number of rotatable bonds is 3. The SMILES string of the molecule is Nc1ncc(Br)cc1N(C1CCCN1C(=O)O)S(=O)O. The summed E-state index contributed by atoms with van der Waals surface area (Å²) in [5.74, 6) is 0.0628. The van der Waals surface area contributed by atoms with Crippen LogP contribution in [-0.2, 0) is 11.3 Å². The van der Waals surface area contributed by atoms with Crippen molar-refractivity contribution in [2.75, 3.05) is 16.6 Å². The number of anilines is 2. The van der Waals surface area contributed by atoms with Gasteiger partial charge in [-0.1, -0.05) is 0 Å². The van der Waals surface area contributed by atoms with Crippen LogP contribution in [0.2, 0.25) is 0 Å². The molecule has 20 heavy (non-hydrogen) atoms. The third kappa shape index (κ3) is 2.86. The first-order valence-electron chi connectivity index (χ1n) is 5.72. The van der Waals surface area contributed by atoms with Crippen LogP contribution in [0.5, 0.6) is 0 Å². The molecular weight excluding hydrogens is 352 g/mol. The Morgan fingerprint density at radius 2 is 2.35 bits per heavy atom. The lowest BCUT2D eigenvalue weighted by Gasteiger charge is -2.32. The summed E-state index contributed by atoms with van der Waals surface area (Å²) in [6, 6.07) is 1.54. The van der Waals surface area contributed by atoms with E-state index in [1.165, 1.54) is 12.3 Å². The monoisotopic (exact) mass is 364 g/mol. The summed E-state index contributed by atoms with van der Waals surface area (Å²) in [7, 11) is 0. The van der Waals surface area contributed by atoms with Crippen molar-refractivity contribution < 1.29 is 18.7 Å². The zero-order valence-corrected chi connectivity index (χ0v) is 12.7. The number of nitrogen functional groups attached to an aromatic ring is 1. The minimum atomic E-state index is -2.41. The summed E-state index contributed by atoms with van der Waals surface area (Å²) in [5, 5.41) is 9.15. The van der Waals surface area contributed by atoms with E-state index in [-0.39, 0.29) is 11.5 Å². The molecule has 1 fully saturated rings. The molecule has 1 amide bonds. The van der Waals surface area contributed by atoms with Crippen molar-refractivity contribution in [2.24, 2.45) is 0 Å². The number of carboxylic acid groups (broad SMARTS) is 1. The number of aromatic nitrogens is 1. The molecule has 1 aromatic heterocycles. The van der Waals surface area contributed by atoms with Gasteiger partial charge in [-0.3, -0.25) is 9.45 Å². The summed E-state index contributed by atoms with van der Waals surface area (Å²) < 4.78 is 22.8. The third-order valence-electron chi connectivity index (χ3n) is 3.01. The zero-order valence-electron chi connectivity index (χ0n) is 10.3. The second-order valence-electron chi connectivity index (χ2n) is 4.21. The molecule has 0 aliphatic carbocycles. The highest BCUT2D eigenvalue weighted by atomic mass is 79.9. The lowest BCUT2D eigenvalue weighted by molar-refractivity contribution is 0.142. The van der Waals surface area contributed by atoms with Gasteiger partial charge in [0.1, 0.15) is 12.0 Å². The molecule has 2 rings (SSSR count).